The molecule has 52 valence electrons. The number of rotatable bonds is 1. The summed E-state index contributed by atoms with van der Waals surface area (Å²) in [5.41, 5.74) is 1.34. The number of hydrogen-bond donors (Lipinski definition) is 1. The fraction of sp³-hybridized carbons (Fsp3) is 0.750. The monoisotopic (exact) mass is 125 g/mol. The lowest BCUT2D eigenvalue weighted by Crippen LogP contribution is -2.29. The van der Waals surface area contributed by atoms with Gasteiger partial charge in [0.25, 0.3) is 0 Å². The summed E-state index contributed by atoms with van der Waals surface area (Å²) in [4.78, 5) is 0. The standard InChI is InChI=1S/C8H15N/c1-7(2)8-4-3-5-9-6-8/h8-9H,1,3-6H2,2H3. The zero-order valence-corrected chi connectivity index (χ0v) is 6.11. The van der Waals surface area contributed by atoms with Crippen LogP contribution in [-0.2, 0) is 0 Å². The second-order valence-electron chi connectivity index (χ2n) is 2.89. The Hall–Kier alpha value is -0.300. The van der Waals surface area contributed by atoms with Gasteiger partial charge in [0, 0.05) is 6.54 Å². The molecular formula is C8H15N. The van der Waals surface area contributed by atoms with Crippen molar-refractivity contribution in [1.82, 2.24) is 5.32 Å². The third-order valence-corrected chi connectivity index (χ3v) is 1.99. The van der Waals surface area contributed by atoms with E-state index in [2.05, 4.69) is 18.8 Å². The van der Waals surface area contributed by atoms with Gasteiger partial charge in [-0.05, 0) is 32.2 Å². The van der Waals surface area contributed by atoms with Crippen molar-refractivity contribution in [2.75, 3.05) is 13.1 Å². The lowest BCUT2D eigenvalue weighted by Gasteiger charge is -2.22. The number of hydrogen-bond acceptors (Lipinski definition) is 1. The number of nitrogens with one attached hydrogen (secondary N) is 1. The average Bonchev–Trinajstić information content (AvgIpc) is 1.90. The smallest absolute Gasteiger partial charge is 0.00166 e. The molecule has 1 nitrogen and oxygen atoms in total. The van der Waals surface area contributed by atoms with Gasteiger partial charge in [-0.15, -0.1) is 0 Å². The highest BCUT2D eigenvalue weighted by Gasteiger charge is 2.11. The van der Waals surface area contributed by atoms with Gasteiger partial charge in [-0.1, -0.05) is 12.2 Å². The molecule has 1 saturated heterocycles. The summed E-state index contributed by atoms with van der Waals surface area (Å²) in [5, 5.41) is 3.36. The Balaban J connectivity index is 2.31. The third-order valence-electron chi connectivity index (χ3n) is 1.99. The first kappa shape index (κ1) is 6.81. The molecule has 1 unspecified atom stereocenters. The lowest BCUT2D eigenvalue weighted by molar-refractivity contribution is 0.423. The average molecular weight is 125 g/mol. The van der Waals surface area contributed by atoms with Crippen molar-refractivity contribution in [2.45, 2.75) is 19.8 Å². The van der Waals surface area contributed by atoms with E-state index in [-0.39, 0.29) is 0 Å². The van der Waals surface area contributed by atoms with Gasteiger partial charge in [-0.2, -0.15) is 0 Å². The molecule has 1 N–H and O–H groups in total. The maximum atomic E-state index is 3.94. The van der Waals surface area contributed by atoms with E-state index in [1.807, 2.05) is 0 Å². The van der Waals surface area contributed by atoms with Gasteiger partial charge in [-0.3, -0.25) is 0 Å². The third kappa shape index (κ3) is 1.83. The Morgan fingerprint density at radius 2 is 2.44 bits per heavy atom. The summed E-state index contributed by atoms with van der Waals surface area (Å²) in [6.45, 7) is 8.41. The summed E-state index contributed by atoms with van der Waals surface area (Å²) in [7, 11) is 0. The highest BCUT2D eigenvalue weighted by atomic mass is 14.9. The Labute approximate surface area is 57.1 Å². The zero-order valence-electron chi connectivity index (χ0n) is 6.11. The van der Waals surface area contributed by atoms with Crippen molar-refractivity contribution in [3.63, 3.8) is 0 Å². The quantitative estimate of drug-likeness (QED) is 0.524. The molecule has 0 aromatic rings. The van der Waals surface area contributed by atoms with Crippen LogP contribution in [0.2, 0.25) is 0 Å². The number of piperidine rings is 1. The van der Waals surface area contributed by atoms with Crippen LogP contribution in [0.15, 0.2) is 12.2 Å². The van der Waals surface area contributed by atoms with E-state index < -0.39 is 0 Å². The van der Waals surface area contributed by atoms with Crippen LogP contribution in [0.1, 0.15) is 19.8 Å². The second kappa shape index (κ2) is 3.02. The van der Waals surface area contributed by atoms with E-state index in [0.717, 1.165) is 12.5 Å². The Bertz CT molecular complexity index is 101. The summed E-state index contributed by atoms with van der Waals surface area (Å²) in [6, 6.07) is 0. The maximum Gasteiger partial charge on any atom is 0.00166 e. The van der Waals surface area contributed by atoms with Crippen LogP contribution in [0.5, 0.6) is 0 Å². The van der Waals surface area contributed by atoms with Crippen LogP contribution in [-0.4, -0.2) is 13.1 Å². The van der Waals surface area contributed by atoms with E-state index in [0.29, 0.717) is 0 Å². The van der Waals surface area contributed by atoms with E-state index in [4.69, 9.17) is 0 Å². The second-order valence-corrected chi connectivity index (χ2v) is 2.89. The largest absolute Gasteiger partial charge is 0.316 e. The molecule has 0 spiro atoms. The molecule has 0 radical (unpaired) electrons. The highest BCUT2D eigenvalue weighted by Crippen LogP contribution is 2.16. The van der Waals surface area contributed by atoms with Crippen molar-refractivity contribution in [1.29, 1.82) is 0 Å². The van der Waals surface area contributed by atoms with Crippen LogP contribution < -0.4 is 5.32 Å². The highest BCUT2D eigenvalue weighted by molar-refractivity contribution is 4.98. The Morgan fingerprint density at radius 3 is 2.78 bits per heavy atom. The molecule has 0 bridgehead atoms. The molecule has 1 heterocycles. The normalized spacial score (nSPS) is 27.9. The van der Waals surface area contributed by atoms with Crippen LogP contribution in [0.4, 0.5) is 0 Å². The minimum Gasteiger partial charge on any atom is -0.316 e. The lowest BCUT2D eigenvalue weighted by atomic mass is 9.94. The predicted molar refractivity (Wildman–Crippen MR) is 40.4 cm³/mol. The van der Waals surface area contributed by atoms with E-state index in [9.17, 15) is 0 Å². The summed E-state index contributed by atoms with van der Waals surface area (Å²) >= 11 is 0. The van der Waals surface area contributed by atoms with E-state index >= 15 is 0 Å². The van der Waals surface area contributed by atoms with Gasteiger partial charge in [0.15, 0.2) is 0 Å². The molecule has 9 heavy (non-hydrogen) atoms. The van der Waals surface area contributed by atoms with Crippen molar-refractivity contribution < 1.29 is 0 Å². The van der Waals surface area contributed by atoms with E-state index in [1.165, 1.54) is 25.0 Å². The van der Waals surface area contributed by atoms with Crippen molar-refractivity contribution in [2.24, 2.45) is 5.92 Å². The predicted octanol–water partition coefficient (Wildman–Crippen LogP) is 1.56. The fourth-order valence-electron chi connectivity index (χ4n) is 1.27. The molecule has 0 aromatic carbocycles. The SMILES string of the molecule is C=C(C)C1CCCNC1. The van der Waals surface area contributed by atoms with Gasteiger partial charge in [0.05, 0.1) is 0 Å². The Kier molecular flexibility index (Phi) is 2.29. The molecule has 1 rings (SSSR count). The van der Waals surface area contributed by atoms with Crippen molar-refractivity contribution >= 4 is 0 Å². The van der Waals surface area contributed by atoms with Gasteiger partial charge in [-0.25, -0.2) is 0 Å². The molecule has 1 aliphatic heterocycles. The van der Waals surface area contributed by atoms with Crippen molar-refractivity contribution in [3.05, 3.63) is 12.2 Å². The van der Waals surface area contributed by atoms with Crippen LogP contribution in [0, 0.1) is 5.92 Å². The molecular weight excluding hydrogens is 110 g/mol. The van der Waals surface area contributed by atoms with Crippen molar-refractivity contribution in [3.8, 4) is 0 Å². The van der Waals surface area contributed by atoms with Gasteiger partial charge < -0.3 is 5.32 Å². The molecule has 0 saturated carbocycles. The fourth-order valence-corrected chi connectivity index (χ4v) is 1.27. The first-order valence-electron chi connectivity index (χ1n) is 3.67. The summed E-state index contributed by atoms with van der Waals surface area (Å²) in [5.74, 6) is 0.749. The minimum atomic E-state index is 0.749. The minimum absolute atomic E-state index is 0.749. The summed E-state index contributed by atoms with van der Waals surface area (Å²) in [6.07, 6.45) is 2.65. The molecule has 1 aliphatic rings. The molecule has 1 heteroatoms. The van der Waals surface area contributed by atoms with Gasteiger partial charge in [0.2, 0.25) is 0 Å². The summed E-state index contributed by atoms with van der Waals surface area (Å²) < 4.78 is 0. The zero-order chi connectivity index (χ0) is 6.69. The maximum absolute atomic E-state index is 3.94. The Morgan fingerprint density at radius 1 is 1.67 bits per heavy atom. The first-order valence-corrected chi connectivity index (χ1v) is 3.67. The first-order chi connectivity index (χ1) is 4.30. The molecule has 1 atom stereocenters. The van der Waals surface area contributed by atoms with Crippen LogP contribution in [0.25, 0.3) is 0 Å². The van der Waals surface area contributed by atoms with Gasteiger partial charge >= 0.3 is 0 Å². The topological polar surface area (TPSA) is 12.0 Å². The van der Waals surface area contributed by atoms with Gasteiger partial charge in [0.1, 0.15) is 0 Å². The molecule has 1 fully saturated rings. The molecule has 0 amide bonds. The molecule has 0 aromatic heterocycles. The van der Waals surface area contributed by atoms with Crippen LogP contribution in [0.3, 0.4) is 0 Å². The van der Waals surface area contributed by atoms with Crippen LogP contribution >= 0.6 is 0 Å². The van der Waals surface area contributed by atoms with E-state index in [1.54, 1.807) is 0 Å². The molecule has 0 aliphatic carbocycles.